The molecule has 0 aliphatic rings. The number of pyridine rings is 1. The molecule has 2 aromatic rings. The van der Waals surface area contributed by atoms with Gasteiger partial charge in [0, 0.05) is 24.5 Å². The SMILES string of the molecule is NCc1cnccc1Oc1cccc(F)c1F. The summed E-state index contributed by atoms with van der Waals surface area (Å²) >= 11 is 0. The van der Waals surface area contributed by atoms with Crippen LogP contribution in [0.5, 0.6) is 11.5 Å². The number of nitrogens with zero attached hydrogens (tertiary/aromatic N) is 1. The van der Waals surface area contributed by atoms with Crippen LogP contribution in [0.1, 0.15) is 5.56 Å². The molecule has 0 radical (unpaired) electrons. The molecule has 0 amide bonds. The van der Waals surface area contributed by atoms with Crippen molar-refractivity contribution in [3.63, 3.8) is 0 Å². The maximum Gasteiger partial charge on any atom is 0.201 e. The van der Waals surface area contributed by atoms with Crippen LogP contribution < -0.4 is 10.5 Å². The van der Waals surface area contributed by atoms with Crippen LogP contribution in [0.25, 0.3) is 0 Å². The summed E-state index contributed by atoms with van der Waals surface area (Å²) in [6, 6.07) is 5.29. The fourth-order valence-electron chi connectivity index (χ4n) is 1.35. The van der Waals surface area contributed by atoms with Crippen molar-refractivity contribution in [2.45, 2.75) is 6.54 Å². The molecule has 2 rings (SSSR count). The van der Waals surface area contributed by atoms with Crippen LogP contribution in [0.3, 0.4) is 0 Å². The van der Waals surface area contributed by atoms with Crippen LogP contribution >= 0.6 is 0 Å². The van der Waals surface area contributed by atoms with Crippen LogP contribution in [0, 0.1) is 11.6 Å². The first-order valence-corrected chi connectivity index (χ1v) is 4.97. The molecular formula is C12H10F2N2O. The molecule has 1 heterocycles. The second-order valence-electron chi connectivity index (χ2n) is 3.34. The topological polar surface area (TPSA) is 48.1 Å². The Morgan fingerprint density at radius 2 is 2.00 bits per heavy atom. The Morgan fingerprint density at radius 3 is 2.76 bits per heavy atom. The standard InChI is InChI=1S/C12H10F2N2O/c13-9-2-1-3-11(12(9)14)17-10-4-5-16-7-8(10)6-15/h1-5,7H,6,15H2. The molecule has 0 aliphatic carbocycles. The van der Waals surface area contributed by atoms with Gasteiger partial charge in [0.25, 0.3) is 0 Å². The molecule has 17 heavy (non-hydrogen) atoms. The minimum absolute atomic E-state index is 0.175. The Labute approximate surface area is 96.9 Å². The number of benzene rings is 1. The zero-order chi connectivity index (χ0) is 12.3. The lowest BCUT2D eigenvalue weighted by molar-refractivity contribution is 0.412. The number of hydrogen-bond acceptors (Lipinski definition) is 3. The van der Waals surface area contributed by atoms with Crippen LogP contribution in [-0.4, -0.2) is 4.98 Å². The molecule has 0 bridgehead atoms. The normalized spacial score (nSPS) is 10.3. The van der Waals surface area contributed by atoms with Gasteiger partial charge in [-0.05, 0) is 18.2 Å². The average Bonchev–Trinajstić information content (AvgIpc) is 2.35. The van der Waals surface area contributed by atoms with E-state index in [4.69, 9.17) is 10.5 Å². The van der Waals surface area contributed by atoms with Crippen LogP contribution in [-0.2, 0) is 6.54 Å². The lowest BCUT2D eigenvalue weighted by atomic mass is 10.2. The Bertz CT molecular complexity index is 532. The van der Waals surface area contributed by atoms with Crippen molar-refractivity contribution in [1.82, 2.24) is 4.98 Å². The van der Waals surface area contributed by atoms with Crippen molar-refractivity contribution in [3.05, 3.63) is 53.9 Å². The van der Waals surface area contributed by atoms with Crippen LogP contribution in [0.15, 0.2) is 36.7 Å². The van der Waals surface area contributed by atoms with Gasteiger partial charge in [-0.2, -0.15) is 4.39 Å². The van der Waals surface area contributed by atoms with Crippen molar-refractivity contribution in [2.24, 2.45) is 5.73 Å². The Hall–Kier alpha value is -2.01. The first-order chi connectivity index (χ1) is 8.22. The summed E-state index contributed by atoms with van der Waals surface area (Å²) in [5.74, 6) is -1.78. The van der Waals surface area contributed by atoms with E-state index in [1.54, 1.807) is 6.07 Å². The minimum Gasteiger partial charge on any atom is -0.454 e. The second kappa shape index (κ2) is 4.88. The largest absolute Gasteiger partial charge is 0.454 e. The smallest absolute Gasteiger partial charge is 0.201 e. The highest BCUT2D eigenvalue weighted by molar-refractivity contribution is 5.36. The predicted molar refractivity (Wildman–Crippen MR) is 58.6 cm³/mol. The third kappa shape index (κ3) is 2.39. The van der Waals surface area contributed by atoms with E-state index in [1.807, 2.05) is 0 Å². The van der Waals surface area contributed by atoms with Gasteiger partial charge in [0.1, 0.15) is 5.75 Å². The van der Waals surface area contributed by atoms with Gasteiger partial charge in [0.15, 0.2) is 11.6 Å². The van der Waals surface area contributed by atoms with Gasteiger partial charge in [0.2, 0.25) is 5.82 Å². The number of aromatic nitrogens is 1. The summed E-state index contributed by atoms with van der Waals surface area (Å²) < 4.78 is 31.6. The fourth-order valence-corrected chi connectivity index (χ4v) is 1.35. The van der Waals surface area contributed by atoms with E-state index in [0.29, 0.717) is 11.3 Å². The first-order valence-electron chi connectivity index (χ1n) is 4.97. The van der Waals surface area contributed by atoms with Crippen molar-refractivity contribution in [1.29, 1.82) is 0 Å². The molecule has 88 valence electrons. The van der Waals surface area contributed by atoms with Crippen molar-refractivity contribution in [3.8, 4) is 11.5 Å². The maximum absolute atomic E-state index is 13.4. The second-order valence-corrected chi connectivity index (χ2v) is 3.34. The van der Waals surface area contributed by atoms with Crippen LogP contribution in [0.2, 0.25) is 0 Å². The third-order valence-corrected chi connectivity index (χ3v) is 2.21. The van der Waals surface area contributed by atoms with Gasteiger partial charge in [-0.25, -0.2) is 4.39 Å². The summed E-state index contributed by atoms with van der Waals surface area (Å²) in [6.07, 6.45) is 3.01. The molecule has 0 saturated carbocycles. The zero-order valence-electron chi connectivity index (χ0n) is 8.86. The molecule has 0 saturated heterocycles. The summed E-state index contributed by atoms with van der Waals surface area (Å²) in [7, 11) is 0. The minimum atomic E-state index is -1.02. The number of nitrogens with two attached hydrogens (primary N) is 1. The molecule has 1 aromatic heterocycles. The van der Waals surface area contributed by atoms with Crippen molar-refractivity contribution in [2.75, 3.05) is 0 Å². The van der Waals surface area contributed by atoms with E-state index in [9.17, 15) is 8.78 Å². The molecule has 0 unspecified atom stereocenters. The molecule has 0 spiro atoms. The molecule has 3 nitrogen and oxygen atoms in total. The van der Waals surface area contributed by atoms with E-state index < -0.39 is 11.6 Å². The lowest BCUT2D eigenvalue weighted by Crippen LogP contribution is -2.01. The zero-order valence-corrected chi connectivity index (χ0v) is 8.86. The molecule has 1 aromatic carbocycles. The molecule has 0 fully saturated rings. The Morgan fingerprint density at radius 1 is 1.18 bits per heavy atom. The van der Waals surface area contributed by atoms with Gasteiger partial charge < -0.3 is 10.5 Å². The van der Waals surface area contributed by atoms with Crippen molar-refractivity contribution < 1.29 is 13.5 Å². The van der Waals surface area contributed by atoms with E-state index in [-0.39, 0.29) is 12.3 Å². The summed E-state index contributed by atoms with van der Waals surface area (Å²) in [5.41, 5.74) is 6.11. The summed E-state index contributed by atoms with van der Waals surface area (Å²) in [6.45, 7) is 0.208. The van der Waals surface area contributed by atoms with Gasteiger partial charge in [-0.3, -0.25) is 4.98 Å². The summed E-state index contributed by atoms with van der Waals surface area (Å²) in [4.78, 5) is 3.87. The highest BCUT2D eigenvalue weighted by Gasteiger charge is 2.11. The fraction of sp³-hybridized carbons (Fsp3) is 0.0833. The number of halogens is 2. The van der Waals surface area contributed by atoms with Gasteiger partial charge >= 0.3 is 0 Å². The Balaban J connectivity index is 2.35. The highest BCUT2D eigenvalue weighted by atomic mass is 19.2. The Kier molecular flexibility index (Phi) is 3.30. The maximum atomic E-state index is 13.4. The summed E-state index contributed by atoms with van der Waals surface area (Å²) in [5, 5.41) is 0. The quantitative estimate of drug-likeness (QED) is 0.891. The van der Waals surface area contributed by atoms with E-state index >= 15 is 0 Å². The van der Waals surface area contributed by atoms with E-state index in [0.717, 1.165) is 6.07 Å². The first kappa shape index (κ1) is 11.5. The molecular weight excluding hydrogens is 226 g/mol. The number of ether oxygens (including phenoxy) is 1. The molecule has 0 aliphatic heterocycles. The van der Waals surface area contributed by atoms with Gasteiger partial charge in [-0.15, -0.1) is 0 Å². The molecule has 2 N–H and O–H groups in total. The predicted octanol–water partition coefficient (Wildman–Crippen LogP) is 2.61. The third-order valence-electron chi connectivity index (χ3n) is 2.21. The highest BCUT2D eigenvalue weighted by Crippen LogP contribution is 2.27. The number of hydrogen-bond donors (Lipinski definition) is 1. The number of rotatable bonds is 3. The monoisotopic (exact) mass is 236 g/mol. The van der Waals surface area contributed by atoms with Crippen LogP contribution in [0.4, 0.5) is 8.78 Å². The molecule has 5 heteroatoms. The lowest BCUT2D eigenvalue weighted by Gasteiger charge is -2.09. The van der Waals surface area contributed by atoms with Gasteiger partial charge in [-0.1, -0.05) is 6.07 Å². The van der Waals surface area contributed by atoms with E-state index in [1.165, 1.54) is 24.5 Å². The average molecular weight is 236 g/mol. The molecule has 0 atom stereocenters. The van der Waals surface area contributed by atoms with Crippen molar-refractivity contribution >= 4 is 0 Å². The van der Waals surface area contributed by atoms with E-state index in [2.05, 4.69) is 4.98 Å². The van der Waals surface area contributed by atoms with Gasteiger partial charge in [0.05, 0.1) is 0 Å².